The quantitative estimate of drug-likeness (QED) is 0.730. The number of hydrogen-bond acceptors (Lipinski definition) is 6. The zero-order valence-electron chi connectivity index (χ0n) is 16.8. The van der Waals surface area contributed by atoms with Gasteiger partial charge in [0.15, 0.2) is 0 Å². The number of ether oxygens (including phenoxy) is 2. The second kappa shape index (κ2) is 8.16. The van der Waals surface area contributed by atoms with Crippen LogP contribution in [0, 0.1) is 11.7 Å². The van der Waals surface area contributed by atoms with Gasteiger partial charge in [0.05, 0.1) is 31.1 Å². The van der Waals surface area contributed by atoms with E-state index in [1.165, 1.54) is 17.9 Å². The van der Waals surface area contributed by atoms with Crippen molar-refractivity contribution in [2.45, 2.75) is 19.1 Å². The van der Waals surface area contributed by atoms with Crippen LogP contribution in [0.5, 0.6) is 0 Å². The lowest BCUT2D eigenvalue weighted by Crippen LogP contribution is -2.56. The Morgan fingerprint density at radius 1 is 1.31 bits per heavy atom. The van der Waals surface area contributed by atoms with Gasteiger partial charge in [-0.15, -0.1) is 0 Å². The Morgan fingerprint density at radius 2 is 2.14 bits per heavy atom. The molecule has 0 spiro atoms. The molecule has 0 aliphatic carbocycles. The summed E-state index contributed by atoms with van der Waals surface area (Å²) < 4.78 is 25.3. The number of nitrogens with zero attached hydrogens (tertiary/aromatic N) is 3. The number of anilines is 2. The van der Waals surface area contributed by atoms with Gasteiger partial charge in [0.1, 0.15) is 11.9 Å². The summed E-state index contributed by atoms with van der Waals surface area (Å²) in [6, 6.07) is 5.21. The maximum atomic E-state index is 14.9. The molecule has 29 heavy (non-hydrogen) atoms. The number of rotatable bonds is 7. The van der Waals surface area contributed by atoms with Crippen LogP contribution in [0.1, 0.15) is 6.92 Å². The third-order valence-electron chi connectivity index (χ3n) is 5.93. The standard InChI is InChI=1S/C20H27FN4O4/c1-13(26)22-8-16-11-24(20(27)29-16)15-3-4-18(17(21)7-15)25-10-14-9-23(5-6-28-2)12-19(14)25/h3-4,7,14,16,19H,5-6,8-12H2,1-2H3,(H,22,26)/t14-,16+,19-/m1/s1. The number of carbonyl (C=O) groups excluding carboxylic acids is 2. The van der Waals surface area contributed by atoms with Crippen molar-refractivity contribution in [1.82, 2.24) is 10.2 Å². The number of benzene rings is 1. The van der Waals surface area contributed by atoms with Crippen LogP contribution in [0.25, 0.3) is 0 Å². The van der Waals surface area contributed by atoms with Gasteiger partial charge in [-0.1, -0.05) is 0 Å². The number of methoxy groups -OCH3 is 1. The lowest BCUT2D eigenvalue weighted by molar-refractivity contribution is -0.119. The molecule has 8 nitrogen and oxygen atoms in total. The average molecular weight is 406 g/mol. The van der Waals surface area contributed by atoms with Gasteiger partial charge in [-0.2, -0.15) is 0 Å². The molecule has 0 saturated carbocycles. The Balaban J connectivity index is 1.39. The molecule has 3 saturated heterocycles. The number of fused-ring (bicyclic) bond motifs is 1. The molecule has 3 heterocycles. The summed E-state index contributed by atoms with van der Waals surface area (Å²) in [6.45, 7) is 6.32. The molecule has 3 aliphatic heterocycles. The van der Waals surface area contributed by atoms with Crippen LogP contribution in [-0.4, -0.2) is 82.0 Å². The first-order valence-corrected chi connectivity index (χ1v) is 9.96. The molecule has 0 unspecified atom stereocenters. The topological polar surface area (TPSA) is 74.3 Å². The third kappa shape index (κ3) is 4.02. The van der Waals surface area contributed by atoms with E-state index in [4.69, 9.17) is 9.47 Å². The van der Waals surface area contributed by atoms with Crippen molar-refractivity contribution in [2.24, 2.45) is 5.92 Å². The van der Waals surface area contributed by atoms with Crippen molar-refractivity contribution < 1.29 is 23.5 Å². The summed E-state index contributed by atoms with van der Waals surface area (Å²) in [5.74, 6) is 0.0406. The van der Waals surface area contributed by atoms with Gasteiger partial charge in [-0.3, -0.25) is 14.6 Å². The molecule has 0 radical (unpaired) electrons. The lowest BCUT2D eigenvalue weighted by atomic mass is 9.91. The maximum absolute atomic E-state index is 14.9. The smallest absolute Gasteiger partial charge is 0.414 e. The summed E-state index contributed by atoms with van der Waals surface area (Å²) in [5.41, 5.74) is 1.04. The summed E-state index contributed by atoms with van der Waals surface area (Å²) in [4.78, 5) is 29.1. The zero-order valence-corrected chi connectivity index (χ0v) is 16.8. The molecular weight excluding hydrogens is 379 g/mol. The van der Waals surface area contributed by atoms with E-state index in [2.05, 4.69) is 15.1 Å². The van der Waals surface area contributed by atoms with Gasteiger partial charge < -0.3 is 19.7 Å². The number of likely N-dealkylation sites (tertiary alicyclic amines) is 1. The van der Waals surface area contributed by atoms with Crippen molar-refractivity contribution in [2.75, 3.05) is 62.8 Å². The first-order valence-electron chi connectivity index (χ1n) is 9.96. The number of cyclic esters (lactones) is 1. The molecule has 4 rings (SSSR count). The van der Waals surface area contributed by atoms with Gasteiger partial charge in [0.2, 0.25) is 5.91 Å². The van der Waals surface area contributed by atoms with Crippen molar-refractivity contribution in [3.05, 3.63) is 24.0 Å². The van der Waals surface area contributed by atoms with Gasteiger partial charge in [-0.25, -0.2) is 9.18 Å². The largest absolute Gasteiger partial charge is 0.442 e. The number of amides is 2. The summed E-state index contributed by atoms with van der Waals surface area (Å²) >= 11 is 0. The molecule has 1 aromatic carbocycles. The molecule has 1 N–H and O–H groups in total. The average Bonchev–Trinajstić information content (AvgIpc) is 3.20. The van der Waals surface area contributed by atoms with Gasteiger partial charge in [-0.05, 0) is 18.2 Å². The second-order valence-corrected chi connectivity index (χ2v) is 7.92. The molecular formula is C20H27FN4O4. The summed E-state index contributed by atoms with van der Waals surface area (Å²) in [7, 11) is 1.70. The predicted molar refractivity (Wildman–Crippen MR) is 106 cm³/mol. The van der Waals surface area contributed by atoms with Crippen LogP contribution < -0.4 is 15.1 Å². The molecule has 1 aromatic rings. The Bertz CT molecular complexity index is 792. The normalized spacial score (nSPS) is 26.3. The highest BCUT2D eigenvalue weighted by molar-refractivity contribution is 5.90. The van der Waals surface area contributed by atoms with Crippen LogP contribution in [0.2, 0.25) is 0 Å². The van der Waals surface area contributed by atoms with E-state index in [1.807, 2.05) is 0 Å². The Labute approximate surface area is 169 Å². The summed E-state index contributed by atoms with van der Waals surface area (Å²) in [5, 5.41) is 2.63. The Morgan fingerprint density at radius 3 is 2.86 bits per heavy atom. The van der Waals surface area contributed by atoms with Crippen LogP contribution in [0.3, 0.4) is 0 Å². The van der Waals surface area contributed by atoms with E-state index in [0.717, 1.165) is 26.2 Å². The number of carbonyl (C=O) groups is 2. The minimum absolute atomic E-state index is 0.185. The Hall–Kier alpha value is -2.39. The van der Waals surface area contributed by atoms with E-state index >= 15 is 0 Å². The fourth-order valence-electron chi connectivity index (χ4n) is 4.40. The minimum atomic E-state index is -0.527. The number of hydrogen-bond donors (Lipinski definition) is 1. The number of nitrogens with one attached hydrogen (secondary N) is 1. The zero-order chi connectivity index (χ0) is 20.5. The molecule has 3 atom stereocenters. The highest BCUT2D eigenvalue weighted by atomic mass is 19.1. The highest BCUT2D eigenvalue weighted by Crippen LogP contribution is 2.38. The second-order valence-electron chi connectivity index (χ2n) is 7.92. The van der Waals surface area contributed by atoms with Crippen LogP contribution in [0.4, 0.5) is 20.6 Å². The maximum Gasteiger partial charge on any atom is 0.414 e. The first kappa shape index (κ1) is 19.9. The third-order valence-corrected chi connectivity index (χ3v) is 5.93. The molecule has 9 heteroatoms. The highest BCUT2D eigenvalue weighted by Gasteiger charge is 2.46. The summed E-state index contributed by atoms with van der Waals surface area (Å²) in [6.07, 6.45) is -0.969. The van der Waals surface area contributed by atoms with Crippen LogP contribution in [0.15, 0.2) is 18.2 Å². The fourth-order valence-corrected chi connectivity index (χ4v) is 4.40. The monoisotopic (exact) mass is 406 g/mol. The van der Waals surface area contributed by atoms with Gasteiger partial charge in [0, 0.05) is 52.2 Å². The van der Waals surface area contributed by atoms with Gasteiger partial charge >= 0.3 is 6.09 Å². The molecule has 3 aliphatic rings. The van der Waals surface area contributed by atoms with Crippen molar-refractivity contribution in [3.63, 3.8) is 0 Å². The SMILES string of the molecule is COCCN1C[C@@H]2CN(c3ccc(N4C[C@H](CNC(C)=O)OC4=O)cc3F)[C@@H]2C1. The van der Waals surface area contributed by atoms with Gasteiger partial charge in [0.25, 0.3) is 0 Å². The van der Waals surface area contributed by atoms with E-state index < -0.39 is 12.2 Å². The van der Waals surface area contributed by atoms with E-state index in [0.29, 0.717) is 29.9 Å². The minimum Gasteiger partial charge on any atom is -0.442 e. The fraction of sp³-hybridized carbons (Fsp3) is 0.600. The molecule has 158 valence electrons. The molecule has 2 amide bonds. The first-order chi connectivity index (χ1) is 14.0. The van der Waals surface area contributed by atoms with E-state index in [1.54, 1.807) is 19.2 Å². The van der Waals surface area contributed by atoms with Crippen molar-refractivity contribution >= 4 is 23.4 Å². The van der Waals surface area contributed by atoms with Crippen molar-refractivity contribution in [1.29, 1.82) is 0 Å². The molecule has 3 fully saturated rings. The van der Waals surface area contributed by atoms with Crippen molar-refractivity contribution in [3.8, 4) is 0 Å². The number of halogens is 1. The van der Waals surface area contributed by atoms with E-state index in [9.17, 15) is 14.0 Å². The van der Waals surface area contributed by atoms with E-state index in [-0.39, 0.29) is 24.8 Å². The molecule has 0 bridgehead atoms. The predicted octanol–water partition coefficient (Wildman–Crippen LogP) is 1.05. The molecule has 0 aromatic heterocycles. The lowest BCUT2D eigenvalue weighted by Gasteiger charge is -2.45. The van der Waals surface area contributed by atoms with Crippen LogP contribution >= 0.6 is 0 Å². The Kier molecular flexibility index (Phi) is 5.60. The van der Waals surface area contributed by atoms with Crippen LogP contribution in [-0.2, 0) is 14.3 Å².